The normalized spacial score (nSPS) is 11.8. The summed E-state index contributed by atoms with van der Waals surface area (Å²) >= 11 is 1.56. The zero-order valence-corrected chi connectivity index (χ0v) is 16.7. The predicted octanol–water partition coefficient (Wildman–Crippen LogP) is 2.81. The summed E-state index contributed by atoms with van der Waals surface area (Å²) in [5.74, 6) is -0.142. The summed E-state index contributed by atoms with van der Waals surface area (Å²) in [6, 6.07) is 6.41. The first-order chi connectivity index (χ1) is 12.3. The third-order valence-electron chi connectivity index (χ3n) is 3.59. The van der Waals surface area contributed by atoms with Crippen LogP contribution in [0.25, 0.3) is 6.08 Å². The third-order valence-corrected chi connectivity index (χ3v) is 5.89. The van der Waals surface area contributed by atoms with Gasteiger partial charge in [-0.3, -0.25) is 4.79 Å². The molecule has 0 atom stereocenters. The van der Waals surface area contributed by atoms with Crippen LogP contribution in [0.3, 0.4) is 0 Å². The molecule has 1 heterocycles. The van der Waals surface area contributed by atoms with Crippen LogP contribution in [0.1, 0.15) is 29.6 Å². The number of thiazole rings is 1. The molecule has 0 spiro atoms. The average molecular weight is 394 g/mol. The van der Waals surface area contributed by atoms with Gasteiger partial charge < -0.3 is 4.90 Å². The van der Waals surface area contributed by atoms with Crippen LogP contribution in [0.2, 0.25) is 0 Å². The van der Waals surface area contributed by atoms with Crippen LogP contribution in [-0.4, -0.2) is 37.8 Å². The number of aryl methyl sites for hydroxylation is 1. The van der Waals surface area contributed by atoms with Crippen LogP contribution in [0.15, 0.2) is 40.6 Å². The molecule has 140 valence electrons. The number of nitrogens with one attached hydrogen (secondary N) is 1. The molecule has 0 bridgehead atoms. The maximum Gasteiger partial charge on any atom is 0.246 e. The molecule has 0 saturated heterocycles. The first kappa shape index (κ1) is 20.3. The molecule has 8 heteroatoms. The largest absolute Gasteiger partial charge is 0.336 e. The summed E-state index contributed by atoms with van der Waals surface area (Å²) in [5.41, 5.74) is 1.62. The van der Waals surface area contributed by atoms with E-state index in [0.29, 0.717) is 13.1 Å². The van der Waals surface area contributed by atoms with E-state index in [1.54, 1.807) is 41.5 Å². The minimum Gasteiger partial charge on any atom is -0.336 e. The lowest BCUT2D eigenvalue weighted by atomic mass is 10.2. The fourth-order valence-electron chi connectivity index (χ4n) is 2.17. The number of benzene rings is 1. The topological polar surface area (TPSA) is 79.4 Å². The molecule has 2 rings (SSSR count). The van der Waals surface area contributed by atoms with Gasteiger partial charge >= 0.3 is 0 Å². The number of hydrogen-bond donors (Lipinski definition) is 1. The van der Waals surface area contributed by atoms with E-state index in [4.69, 9.17) is 0 Å². The Balaban J connectivity index is 1.98. The highest BCUT2D eigenvalue weighted by Gasteiger charge is 2.12. The molecule has 0 saturated carbocycles. The van der Waals surface area contributed by atoms with Gasteiger partial charge in [-0.05, 0) is 37.1 Å². The molecule has 2 aromatic rings. The summed E-state index contributed by atoms with van der Waals surface area (Å²) in [6.07, 6.45) is 3.87. The highest BCUT2D eigenvalue weighted by molar-refractivity contribution is 7.89. The van der Waals surface area contributed by atoms with Gasteiger partial charge in [-0.2, -0.15) is 0 Å². The van der Waals surface area contributed by atoms with E-state index in [-0.39, 0.29) is 10.8 Å². The van der Waals surface area contributed by atoms with Gasteiger partial charge in [-0.1, -0.05) is 19.1 Å². The standard InChI is InChI=1S/C18H23N3O3S2/c1-4-11-19-26(23,24)17-8-5-15(6-9-17)7-10-18(22)21(3)12-16-13-25-14(2)20-16/h5-10,13,19H,4,11-12H2,1-3H3. The van der Waals surface area contributed by atoms with Crippen molar-refractivity contribution in [3.05, 3.63) is 52.0 Å². The molecule has 0 aliphatic carbocycles. The molecular weight excluding hydrogens is 370 g/mol. The molecule has 0 radical (unpaired) electrons. The molecular formula is C18H23N3O3S2. The Morgan fingerprint density at radius 1 is 1.31 bits per heavy atom. The summed E-state index contributed by atoms with van der Waals surface area (Å²) in [4.78, 5) is 18.3. The number of likely N-dealkylation sites (N-methyl/N-ethyl adjacent to an activating group) is 1. The van der Waals surface area contributed by atoms with Crippen molar-refractivity contribution in [1.82, 2.24) is 14.6 Å². The van der Waals surface area contributed by atoms with Crippen molar-refractivity contribution in [3.8, 4) is 0 Å². The summed E-state index contributed by atoms with van der Waals surface area (Å²) in [6.45, 7) is 4.69. The second-order valence-corrected chi connectivity index (χ2v) is 8.68. The van der Waals surface area contributed by atoms with Crippen LogP contribution in [-0.2, 0) is 21.4 Å². The zero-order valence-electron chi connectivity index (χ0n) is 15.1. The summed E-state index contributed by atoms with van der Waals surface area (Å²) < 4.78 is 26.6. The van der Waals surface area contributed by atoms with E-state index in [9.17, 15) is 13.2 Å². The second-order valence-electron chi connectivity index (χ2n) is 5.85. The number of sulfonamides is 1. The number of carbonyl (C=O) groups is 1. The zero-order chi connectivity index (χ0) is 19.2. The Labute approximate surface area is 158 Å². The number of hydrogen-bond acceptors (Lipinski definition) is 5. The molecule has 1 aromatic carbocycles. The first-order valence-electron chi connectivity index (χ1n) is 8.25. The Morgan fingerprint density at radius 3 is 2.58 bits per heavy atom. The lowest BCUT2D eigenvalue weighted by molar-refractivity contribution is -0.125. The van der Waals surface area contributed by atoms with E-state index in [0.717, 1.165) is 22.7 Å². The Bertz CT molecular complexity index is 871. The molecule has 1 amide bonds. The van der Waals surface area contributed by atoms with Crippen molar-refractivity contribution in [3.63, 3.8) is 0 Å². The van der Waals surface area contributed by atoms with Crippen LogP contribution in [0, 0.1) is 6.92 Å². The van der Waals surface area contributed by atoms with Crippen LogP contribution in [0.5, 0.6) is 0 Å². The van der Waals surface area contributed by atoms with Crippen molar-refractivity contribution in [2.24, 2.45) is 0 Å². The van der Waals surface area contributed by atoms with Crippen LogP contribution in [0.4, 0.5) is 0 Å². The average Bonchev–Trinajstić information content (AvgIpc) is 3.03. The Kier molecular flexibility index (Phi) is 7.07. The molecule has 0 aliphatic heterocycles. The maximum absolute atomic E-state index is 12.2. The minimum absolute atomic E-state index is 0.142. The van der Waals surface area contributed by atoms with Crippen molar-refractivity contribution < 1.29 is 13.2 Å². The molecule has 6 nitrogen and oxygen atoms in total. The van der Waals surface area contributed by atoms with Crippen molar-refractivity contribution in [2.45, 2.75) is 31.7 Å². The minimum atomic E-state index is -3.47. The molecule has 0 fully saturated rings. The first-order valence-corrected chi connectivity index (χ1v) is 10.6. The van der Waals surface area contributed by atoms with Crippen molar-refractivity contribution >= 4 is 33.3 Å². The smallest absolute Gasteiger partial charge is 0.246 e. The van der Waals surface area contributed by atoms with Gasteiger partial charge in [-0.25, -0.2) is 18.1 Å². The van der Waals surface area contributed by atoms with Crippen LogP contribution >= 0.6 is 11.3 Å². The number of amides is 1. The van der Waals surface area contributed by atoms with Gasteiger partial charge in [0.15, 0.2) is 0 Å². The van der Waals surface area contributed by atoms with Gasteiger partial charge in [0.05, 0.1) is 22.1 Å². The maximum atomic E-state index is 12.2. The summed E-state index contributed by atoms with van der Waals surface area (Å²) in [7, 11) is -1.75. The van der Waals surface area contributed by atoms with Crippen LogP contribution < -0.4 is 4.72 Å². The molecule has 26 heavy (non-hydrogen) atoms. The fraction of sp³-hybridized carbons (Fsp3) is 0.333. The van der Waals surface area contributed by atoms with Crippen molar-refractivity contribution in [2.75, 3.05) is 13.6 Å². The van der Waals surface area contributed by atoms with Gasteiger partial charge in [0.25, 0.3) is 0 Å². The van der Waals surface area contributed by atoms with Crippen molar-refractivity contribution in [1.29, 1.82) is 0 Å². The molecule has 0 unspecified atom stereocenters. The fourth-order valence-corrected chi connectivity index (χ4v) is 3.91. The second kappa shape index (κ2) is 9.07. The molecule has 1 aromatic heterocycles. The van der Waals surface area contributed by atoms with Gasteiger partial charge in [0.1, 0.15) is 0 Å². The van der Waals surface area contributed by atoms with E-state index < -0.39 is 10.0 Å². The highest BCUT2D eigenvalue weighted by Crippen LogP contribution is 2.13. The van der Waals surface area contributed by atoms with E-state index in [1.165, 1.54) is 18.2 Å². The van der Waals surface area contributed by atoms with Gasteiger partial charge in [-0.15, -0.1) is 11.3 Å². The quantitative estimate of drug-likeness (QED) is 0.700. The van der Waals surface area contributed by atoms with Gasteiger partial charge in [0, 0.05) is 25.0 Å². The lowest BCUT2D eigenvalue weighted by Crippen LogP contribution is -2.24. The number of rotatable bonds is 8. The Morgan fingerprint density at radius 2 is 2.00 bits per heavy atom. The number of aromatic nitrogens is 1. The Hall–Kier alpha value is -2.03. The SMILES string of the molecule is CCCNS(=O)(=O)c1ccc(C=CC(=O)N(C)Cc2csc(C)n2)cc1. The monoisotopic (exact) mass is 393 g/mol. The molecule has 1 N–H and O–H groups in total. The number of nitrogens with zero attached hydrogens (tertiary/aromatic N) is 2. The lowest BCUT2D eigenvalue weighted by Gasteiger charge is -2.13. The van der Waals surface area contributed by atoms with E-state index >= 15 is 0 Å². The molecule has 0 aliphatic rings. The number of carbonyl (C=O) groups excluding carboxylic acids is 1. The van der Waals surface area contributed by atoms with E-state index in [2.05, 4.69) is 9.71 Å². The van der Waals surface area contributed by atoms with Gasteiger partial charge in [0.2, 0.25) is 15.9 Å². The third kappa shape index (κ3) is 5.76. The van der Waals surface area contributed by atoms with E-state index in [1.807, 2.05) is 19.2 Å². The summed E-state index contributed by atoms with van der Waals surface area (Å²) in [5, 5.41) is 2.91. The predicted molar refractivity (Wildman–Crippen MR) is 104 cm³/mol. The highest BCUT2D eigenvalue weighted by atomic mass is 32.2.